The molecule has 0 saturated carbocycles. The molecule has 0 aromatic heterocycles. The highest BCUT2D eigenvalue weighted by Crippen LogP contribution is 2.27. The van der Waals surface area contributed by atoms with Gasteiger partial charge in [0.25, 0.3) is 5.91 Å². The molecule has 8 heteroatoms. The van der Waals surface area contributed by atoms with Crippen LogP contribution in [0.5, 0.6) is 0 Å². The summed E-state index contributed by atoms with van der Waals surface area (Å²) in [5.41, 5.74) is -0.993. The molecule has 3 rings (SSSR count). The summed E-state index contributed by atoms with van der Waals surface area (Å²) in [5, 5.41) is 8.51. The zero-order chi connectivity index (χ0) is 18.9. The van der Waals surface area contributed by atoms with Crippen molar-refractivity contribution in [2.45, 2.75) is 63.6 Å². The predicted octanol–water partition coefficient (Wildman–Crippen LogP) is 0.437. The summed E-state index contributed by atoms with van der Waals surface area (Å²) in [6.07, 6.45) is 7.98. The van der Waals surface area contributed by atoms with Crippen molar-refractivity contribution < 1.29 is 19.2 Å². The van der Waals surface area contributed by atoms with Crippen LogP contribution in [0.1, 0.15) is 46.0 Å². The van der Waals surface area contributed by atoms with E-state index in [9.17, 15) is 19.2 Å². The third-order valence-electron chi connectivity index (χ3n) is 5.35. The van der Waals surface area contributed by atoms with Gasteiger partial charge in [-0.3, -0.25) is 19.3 Å². The van der Waals surface area contributed by atoms with E-state index in [1.54, 1.807) is 13.8 Å². The smallest absolute Gasteiger partial charge is 0.325 e. The number of carbonyl (C=O) groups is 4. The van der Waals surface area contributed by atoms with Crippen LogP contribution in [-0.2, 0) is 14.4 Å². The fourth-order valence-electron chi connectivity index (χ4n) is 3.93. The fraction of sp³-hybridized carbons (Fsp3) is 0.667. The summed E-state index contributed by atoms with van der Waals surface area (Å²) in [5.74, 6) is -0.511. The largest absolute Gasteiger partial charge is 0.351 e. The maximum atomic E-state index is 12.5. The molecule has 3 aliphatic rings. The van der Waals surface area contributed by atoms with Gasteiger partial charge in [0.05, 0.1) is 6.04 Å². The lowest BCUT2D eigenvalue weighted by Crippen LogP contribution is -2.59. The van der Waals surface area contributed by atoms with Crippen molar-refractivity contribution >= 4 is 23.8 Å². The molecule has 142 valence electrons. The Hall–Kier alpha value is -2.38. The minimum absolute atomic E-state index is 0.00546. The molecular formula is C18H26N4O4. The quantitative estimate of drug-likeness (QED) is 0.498. The van der Waals surface area contributed by atoms with E-state index in [1.807, 2.05) is 0 Å². The van der Waals surface area contributed by atoms with E-state index in [2.05, 4.69) is 28.1 Å². The standard InChI is InChI=1S/C18H26N4O4/c1-18(2)16(25)22(17(26)21-18)10-14(24)19-12-8-9-13(23)20-15(12)11-6-4-3-5-7-11/h3-4,11-12,15H,5-10H2,1-2H3,(H,19,24)(H,20,23)(H,21,26)/t11?,12-,15+/m1/s1. The Balaban J connectivity index is 1.63. The number of urea groups is 1. The van der Waals surface area contributed by atoms with Crippen molar-refractivity contribution in [1.29, 1.82) is 0 Å². The summed E-state index contributed by atoms with van der Waals surface area (Å²) in [6.45, 7) is 2.90. The highest BCUT2D eigenvalue weighted by Gasteiger charge is 2.45. The number of piperidine rings is 1. The molecule has 0 bridgehead atoms. The Morgan fingerprint density at radius 1 is 1.27 bits per heavy atom. The van der Waals surface area contributed by atoms with Gasteiger partial charge in [0, 0.05) is 12.5 Å². The molecule has 1 aliphatic carbocycles. The maximum Gasteiger partial charge on any atom is 0.325 e. The summed E-state index contributed by atoms with van der Waals surface area (Å²) < 4.78 is 0. The molecule has 0 aromatic rings. The SMILES string of the molecule is CC1(C)NC(=O)N(CC(=O)N[C@@H]2CCC(=O)N[C@H]2C2CC=CCC2)C1=O. The average molecular weight is 362 g/mol. The number of amides is 5. The van der Waals surface area contributed by atoms with Gasteiger partial charge in [0.1, 0.15) is 12.1 Å². The van der Waals surface area contributed by atoms with Crippen LogP contribution < -0.4 is 16.0 Å². The zero-order valence-electron chi connectivity index (χ0n) is 15.2. The van der Waals surface area contributed by atoms with Gasteiger partial charge in [0.15, 0.2) is 0 Å². The summed E-state index contributed by atoms with van der Waals surface area (Å²) in [4.78, 5) is 49.4. The number of allylic oxidation sites excluding steroid dienone is 2. The lowest BCUT2D eigenvalue weighted by Gasteiger charge is -2.38. The number of carbonyl (C=O) groups excluding carboxylic acids is 4. The van der Waals surface area contributed by atoms with Gasteiger partial charge < -0.3 is 16.0 Å². The molecule has 0 radical (unpaired) electrons. The molecule has 3 N–H and O–H groups in total. The van der Waals surface area contributed by atoms with E-state index in [4.69, 9.17) is 0 Å². The number of imide groups is 1. The zero-order valence-corrected chi connectivity index (χ0v) is 15.2. The van der Waals surface area contributed by atoms with Gasteiger partial charge in [-0.15, -0.1) is 0 Å². The molecule has 3 atom stereocenters. The first kappa shape index (κ1) is 18.4. The lowest BCUT2D eigenvalue weighted by atomic mass is 9.81. The fourth-order valence-corrected chi connectivity index (χ4v) is 3.93. The Morgan fingerprint density at radius 2 is 2.04 bits per heavy atom. The highest BCUT2D eigenvalue weighted by molar-refractivity contribution is 6.08. The summed E-state index contributed by atoms with van der Waals surface area (Å²) >= 11 is 0. The van der Waals surface area contributed by atoms with Crippen LogP contribution in [0.4, 0.5) is 4.79 Å². The van der Waals surface area contributed by atoms with E-state index in [-0.39, 0.29) is 36.4 Å². The van der Waals surface area contributed by atoms with E-state index in [0.717, 1.165) is 24.2 Å². The second-order valence-corrected chi connectivity index (χ2v) is 7.80. The molecule has 8 nitrogen and oxygen atoms in total. The molecule has 2 aliphatic heterocycles. The number of rotatable bonds is 4. The minimum Gasteiger partial charge on any atom is -0.351 e. The van der Waals surface area contributed by atoms with Gasteiger partial charge in [-0.2, -0.15) is 0 Å². The normalized spacial score (nSPS) is 30.8. The van der Waals surface area contributed by atoms with Gasteiger partial charge >= 0.3 is 6.03 Å². The van der Waals surface area contributed by atoms with Crippen LogP contribution >= 0.6 is 0 Å². The number of nitrogens with zero attached hydrogens (tertiary/aromatic N) is 1. The second-order valence-electron chi connectivity index (χ2n) is 7.80. The lowest BCUT2D eigenvalue weighted by molar-refractivity contribution is -0.134. The Kier molecular flexibility index (Phi) is 5.02. The molecule has 0 spiro atoms. The molecule has 0 aromatic carbocycles. The molecule has 2 fully saturated rings. The van der Waals surface area contributed by atoms with E-state index < -0.39 is 17.5 Å². The van der Waals surface area contributed by atoms with E-state index >= 15 is 0 Å². The van der Waals surface area contributed by atoms with E-state index in [1.165, 1.54) is 0 Å². The maximum absolute atomic E-state index is 12.5. The van der Waals surface area contributed by atoms with Gasteiger partial charge in [0.2, 0.25) is 11.8 Å². The Labute approximate surface area is 152 Å². The first-order chi connectivity index (χ1) is 12.3. The van der Waals surface area contributed by atoms with Crippen LogP contribution in [0.15, 0.2) is 12.2 Å². The average Bonchev–Trinajstić information content (AvgIpc) is 2.79. The summed E-state index contributed by atoms with van der Waals surface area (Å²) in [7, 11) is 0. The van der Waals surface area contributed by atoms with E-state index in [0.29, 0.717) is 12.8 Å². The summed E-state index contributed by atoms with van der Waals surface area (Å²) in [6, 6.07) is -0.865. The number of hydrogen-bond donors (Lipinski definition) is 3. The molecule has 26 heavy (non-hydrogen) atoms. The number of nitrogens with one attached hydrogen (secondary N) is 3. The van der Waals surface area contributed by atoms with Crippen LogP contribution in [0.25, 0.3) is 0 Å². The first-order valence-corrected chi connectivity index (χ1v) is 9.16. The van der Waals surface area contributed by atoms with Crippen molar-refractivity contribution in [2.24, 2.45) is 5.92 Å². The Bertz CT molecular complexity index is 658. The molecule has 5 amide bonds. The third kappa shape index (κ3) is 3.73. The van der Waals surface area contributed by atoms with Crippen molar-refractivity contribution in [2.75, 3.05) is 6.54 Å². The second kappa shape index (κ2) is 7.09. The monoisotopic (exact) mass is 362 g/mol. The first-order valence-electron chi connectivity index (χ1n) is 9.16. The van der Waals surface area contributed by atoms with Gasteiger partial charge in [-0.25, -0.2) is 4.79 Å². The van der Waals surface area contributed by atoms with Crippen LogP contribution in [-0.4, -0.2) is 52.8 Å². The molecule has 1 unspecified atom stereocenters. The number of hydrogen-bond acceptors (Lipinski definition) is 4. The van der Waals surface area contributed by atoms with Crippen molar-refractivity contribution in [1.82, 2.24) is 20.9 Å². The topological polar surface area (TPSA) is 108 Å². The van der Waals surface area contributed by atoms with Crippen LogP contribution in [0.2, 0.25) is 0 Å². The van der Waals surface area contributed by atoms with Crippen molar-refractivity contribution in [3.05, 3.63) is 12.2 Å². The van der Waals surface area contributed by atoms with Crippen molar-refractivity contribution in [3.8, 4) is 0 Å². The van der Waals surface area contributed by atoms with Crippen LogP contribution in [0, 0.1) is 5.92 Å². The molecular weight excluding hydrogens is 336 g/mol. The minimum atomic E-state index is -0.993. The van der Waals surface area contributed by atoms with Gasteiger partial charge in [-0.1, -0.05) is 12.2 Å². The molecule has 2 heterocycles. The third-order valence-corrected chi connectivity index (χ3v) is 5.35. The van der Waals surface area contributed by atoms with Gasteiger partial charge in [-0.05, 0) is 45.4 Å². The van der Waals surface area contributed by atoms with Crippen LogP contribution in [0.3, 0.4) is 0 Å². The highest BCUT2D eigenvalue weighted by atomic mass is 16.2. The Morgan fingerprint density at radius 3 is 2.65 bits per heavy atom. The molecule has 2 saturated heterocycles. The predicted molar refractivity (Wildman–Crippen MR) is 93.9 cm³/mol. The van der Waals surface area contributed by atoms with Crippen molar-refractivity contribution in [3.63, 3.8) is 0 Å².